The number of benzene rings is 3. The van der Waals surface area contributed by atoms with Crippen LogP contribution in [0.15, 0.2) is 60.7 Å². The molecule has 0 aliphatic carbocycles. The van der Waals surface area contributed by atoms with E-state index in [-0.39, 0.29) is 11.3 Å². The number of carboxylic acids is 1. The number of carbonyl (C=O) groups is 2. The normalized spacial score (nSPS) is 9.91. The predicted octanol–water partition coefficient (Wildman–Crippen LogP) is 5.88. The maximum atomic E-state index is 11.8. The second-order valence-corrected chi connectivity index (χ2v) is 6.60. The van der Waals surface area contributed by atoms with Crippen LogP contribution < -0.4 is 14.2 Å². The predicted molar refractivity (Wildman–Crippen MR) is 124 cm³/mol. The average molecular weight is 437 g/mol. The number of hydrogen-bond acceptors (Lipinski definition) is 5. The van der Waals surface area contributed by atoms with Gasteiger partial charge in [0.1, 0.15) is 12.4 Å². The molecular formula is C26H28O6. The summed E-state index contributed by atoms with van der Waals surface area (Å²) in [5.41, 5.74) is 2.26. The minimum Gasteiger partial charge on any atom is -0.496 e. The lowest BCUT2D eigenvalue weighted by molar-refractivity contribution is 0.0697. The third-order valence-corrected chi connectivity index (χ3v) is 4.67. The quantitative estimate of drug-likeness (QED) is 0.444. The Morgan fingerprint density at radius 1 is 0.812 bits per heavy atom. The van der Waals surface area contributed by atoms with Gasteiger partial charge in [-0.2, -0.15) is 0 Å². The molecule has 0 saturated carbocycles. The van der Waals surface area contributed by atoms with E-state index in [0.29, 0.717) is 40.5 Å². The van der Waals surface area contributed by atoms with Crippen molar-refractivity contribution in [1.82, 2.24) is 0 Å². The third kappa shape index (κ3) is 5.66. The van der Waals surface area contributed by atoms with E-state index in [1.54, 1.807) is 24.3 Å². The van der Waals surface area contributed by atoms with Crippen molar-refractivity contribution >= 4 is 11.8 Å². The van der Waals surface area contributed by atoms with Gasteiger partial charge in [-0.1, -0.05) is 56.3 Å². The van der Waals surface area contributed by atoms with Gasteiger partial charge in [0.15, 0.2) is 17.3 Å². The van der Waals surface area contributed by atoms with E-state index in [1.807, 2.05) is 44.2 Å². The standard InChI is InChI=1S/C24H22O6.C2H6/c1-15(25)17-9-10-18(20(11-17)24(26)27)19-12-22(29-3)23(13-21(19)28-2)30-14-16-7-5-4-6-8-16;1-2/h4-13H,14H2,1-3H3,(H,26,27);1-2H3. The number of rotatable bonds is 8. The highest BCUT2D eigenvalue weighted by atomic mass is 16.5. The van der Waals surface area contributed by atoms with Gasteiger partial charge >= 0.3 is 5.97 Å². The molecule has 0 atom stereocenters. The van der Waals surface area contributed by atoms with Crippen molar-refractivity contribution < 1.29 is 28.9 Å². The topological polar surface area (TPSA) is 82.1 Å². The molecule has 168 valence electrons. The Kier molecular flexibility index (Phi) is 8.83. The van der Waals surface area contributed by atoms with Crippen LogP contribution >= 0.6 is 0 Å². The Morgan fingerprint density at radius 2 is 1.47 bits per heavy atom. The second kappa shape index (κ2) is 11.6. The summed E-state index contributed by atoms with van der Waals surface area (Å²) >= 11 is 0. The summed E-state index contributed by atoms with van der Waals surface area (Å²) in [4.78, 5) is 23.5. The molecule has 0 fully saturated rings. The van der Waals surface area contributed by atoms with Crippen LogP contribution in [0.2, 0.25) is 0 Å². The van der Waals surface area contributed by atoms with Crippen LogP contribution in [0.3, 0.4) is 0 Å². The maximum Gasteiger partial charge on any atom is 0.336 e. The summed E-state index contributed by atoms with van der Waals surface area (Å²) < 4.78 is 16.9. The highest BCUT2D eigenvalue weighted by Crippen LogP contribution is 2.41. The number of hydrogen-bond donors (Lipinski definition) is 1. The molecular weight excluding hydrogens is 408 g/mol. The Bertz CT molecular complexity index is 1070. The zero-order valence-corrected chi connectivity index (χ0v) is 19.0. The number of ketones is 1. The first-order valence-corrected chi connectivity index (χ1v) is 10.3. The van der Waals surface area contributed by atoms with E-state index in [4.69, 9.17) is 14.2 Å². The lowest BCUT2D eigenvalue weighted by Gasteiger charge is -2.17. The molecule has 1 N–H and O–H groups in total. The lowest BCUT2D eigenvalue weighted by Crippen LogP contribution is -2.04. The van der Waals surface area contributed by atoms with Crippen molar-refractivity contribution in [3.05, 3.63) is 77.4 Å². The van der Waals surface area contributed by atoms with Crippen molar-refractivity contribution in [1.29, 1.82) is 0 Å². The molecule has 0 aliphatic rings. The van der Waals surface area contributed by atoms with Crippen LogP contribution in [-0.2, 0) is 6.61 Å². The molecule has 0 radical (unpaired) electrons. The van der Waals surface area contributed by atoms with Crippen LogP contribution in [-0.4, -0.2) is 31.1 Å². The fraction of sp³-hybridized carbons (Fsp3) is 0.231. The second-order valence-electron chi connectivity index (χ2n) is 6.60. The molecule has 0 saturated heterocycles. The van der Waals surface area contributed by atoms with Crippen molar-refractivity contribution in [3.63, 3.8) is 0 Å². The van der Waals surface area contributed by atoms with Gasteiger partial charge in [-0.3, -0.25) is 4.79 Å². The molecule has 3 aromatic carbocycles. The van der Waals surface area contributed by atoms with Crippen molar-refractivity contribution in [2.75, 3.05) is 14.2 Å². The highest BCUT2D eigenvalue weighted by Gasteiger charge is 2.20. The summed E-state index contributed by atoms with van der Waals surface area (Å²) in [6, 6.07) is 17.6. The van der Waals surface area contributed by atoms with Crippen molar-refractivity contribution in [2.24, 2.45) is 0 Å². The summed E-state index contributed by atoms with van der Waals surface area (Å²) in [6.07, 6.45) is 0. The third-order valence-electron chi connectivity index (χ3n) is 4.67. The van der Waals surface area contributed by atoms with Crippen LogP contribution in [0.25, 0.3) is 11.1 Å². The van der Waals surface area contributed by atoms with Gasteiger partial charge in [-0.05, 0) is 24.6 Å². The van der Waals surface area contributed by atoms with Gasteiger partial charge in [0.2, 0.25) is 0 Å². The molecule has 0 bridgehead atoms. The summed E-state index contributed by atoms with van der Waals surface area (Å²) in [5, 5.41) is 9.68. The highest BCUT2D eigenvalue weighted by molar-refractivity contribution is 6.02. The molecule has 6 heteroatoms. The summed E-state index contributed by atoms with van der Waals surface area (Å²) in [5.74, 6) is -0.0124. The molecule has 0 aromatic heterocycles. The molecule has 3 rings (SSSR count). The molecule has 6 nitrogen and oxygen atoms in total. The molecule has 0 heterocycles. The molecule has 0 unspecified atom stereocenters. The summed E-state index contributed by atoms with van der Waals surface area (Å²) in [6.45, 7) is 5.73. The first-order valence-electron chi connectivity index (χ1n) is 10.3. The monoisotopic (exact) mass is 436 g/mol. The van der Waals surface area contributed by atoms with Crippen LogP contribution in [0.1, 0.15) is 47.1 Å². The first-order chi connectivity index (χ1) is 15.4. The zero-order valence-electron chi connectivity index (χ0n) is 19.0. The fourth-order valence-corrected chi connectivity index (χ4v) is 3.10. The van der Waals surface area contributed by atoms with E-state index in [0.717, 1.165) is 5.56 Å². The Labute approximate surface area is 188 Å². The maximum absolute atomic E-state index is 11.8. The molecule has 0 aliphatic heterocycles. The number of methoxy groups -OCH3 is 2. The summed E-state index contributed by atoms with van der Waals surface area (Å²) in [7, 11) is 3.01. The van der Waals surface area contributed by atoms with E-state index in [1.165, 1.54) is 27.2 Å². The van der Waals surface area contributed by atoms with Gasteiger partial charge in [0, 0.05) is 22.8 Å². The Hall–Kier alpha value is -3.80. The number of Topliss-reactive ketones (excluding diaryl/α,β-unsaturated/α-hetero) is 1. The Balaban J connectivity index is 0.00000176. The van der Waals surface area contributed by atoms with Gasteiger partial charge in [0.25, 0.3) is 0 Å². The average Bonchev–Trinajstić information content (AvgIpc) is 2.83. The largest absolute Gasteiger partial charge is 0.496 e. The van der Waals surface area contributed by atoms with Gasteiger partial charge in [0.05, 0.1) is 19.8 Å². The molecule has 32 heavy (non-hydrogen) atoms. The van der Waals surface area contributed by atoms with Gasteiger partial charge < -0.3 is 19.3 Å². The number of carboxylic acid groups (broad SMARTS) is 1. The van der Waals surface area contributed by atoms with E-state index in [2.05, 4.69) is 0 Å². The Morgan fingerprint density at radius 3 is 2.03 bits per heavy atom. The van der Waals surface area contributed by atoms with Crippen LogP contribution in [0, 0.1) is 0 Å². The minimum atomic E-state index is -1.14. The van der Waals surface area contributed by atoms with E-state index in [9.17, 15) is 14.7 Å². The van der Waals surface area contributed by atoms with Crippen molar-refractivity contribution in [3.8, 4) is 28.4 Å². The van der Waals surface area contributed by atoms with Crippen molar-refractivity contribution in [2.45, 2.75) is 27.4 Å². The van der Waals surface area contributed by atoms with Gasteiger partial charge in [-0.15, -0.1) is 0 Å². The van der Waals surface area contributed by atoms with Crippen LogP contribution in [0.5, 0.6) is 17.2 Å². The lowest BCUT2D eigenvalue weighted by atomic mass is 9.95. The van der Waals surface area contributed by atoms with E-state index < -0.39 is 5.97 Å². The van der Waals surface area contributed by atoms with Crippen LogP contribution in [0.4, 0.5) is 0 Å². The molecule has 0 amide bonds. The number of ether oxygens (including phenoxy) is 3. The SMILES string of the molecule is CC.COc1cc(-c2ccc(C(C)=O)cc2C(=O)O)c(OC)cc1OCc1ccccc1. The van der Waals surface area contributed by atoms with E-state index >= 15 is 0 Å². The molecule has 3 aromatic rings. The first kappa shape index (κ1) is 24.5. The number of aromatic carboxylic acids is 1. The molecule has 0 spiro atoms. The van der Waals surface area contributed by atoms with Gasteiger partial charge in [-0.25, -0.2) is 4.79 Å². The number of carbonyl (C=O) groups excluding carboxylic acids is 1. The zero-order chi connectivity index (χ0) is 23.7. The smallest absolute Gasteiger partial charge is 0.336 e. The minimum absolute atomic E-state index is 0.000932. The fourth-order valence-electron chi connectivity index (χ4n) is 3.10.